The molecule has 28 heavy (non-hydrogen) atoms. The van der Waals surface area contributed by atoms with Crippen molar-refractivity contribution in [3.8, 4) is 0 Å². The van der Waals surface area contributed by atoms with Gasteiger partial charge in [0, 0.05) is 5.69 Å². The summed E-state index contributed by atoms with van der Waals surface area (Å²) >= 11 is 6.07. The lowest BCUT2D eigenvalue weighted by molar-refractivity contribution is 0.102. The largest absolute Gasteiger partial charge is 0.319 e. The van der Waals surface area contributed by atoms with E-state index in [0.717, 1.165) is 5.56 Å². The predicted octanol–water partition coefficient (Wildman–Crippen LogP) is 4.84. The van der Waals surface area contributed by atoms with Crippen molar-refractivity contribution in [1.82, 2.24) is 0 Å². The molecule has 3 aromatic rings. The van der Waals surface area contributed by atoms with E-state index in [1.807, 2.05) is 6.92 Å². The Bertz CT molecular complexity index is 1130. The summed E-state index contributed by atoms with van der Waals surface area (Å²) < 4.78 is 41.2. The van der Waals surface area contributed by atoms with E-state index in [1.165, 1.54) is 48.5 Å². The van der Waals surface area contributed by atoms with Crippen LogP contribution in [0.3, 0.4) is 0 Å². The third-order valence-corrected chi connectivity index (χ3v) is 5.64. The van der Waals surface area contributed by atoms with Gasteiger partial charge in [-0.3, -0.25) is 9.52 Å². The smallest absolute Gasteiger partial charge is 0.261 e. The molecule has 2 N–H and O–H groups in total. The molecule has 3 rings (SSSR count). The molecule has 0 spiro atoms. The molecule has 1 amide bonds. The Hall–Kier alpha value is -2.90. The molecule has 0 saturated heterocycles. The number of benzene rings is 3. The van der Waals surface area contributed by atoms with Crippen molar-refractivity contribution >= 4 is 38.9 Å². The number of para-hydroxylation sites is 1. The van der Waals surface area contributed by atoms with Gasteiger partial charge in [-0.05, 0) is 49.4 Å². The summed E-state index contributed by atoms with van der Waals surface area (Å²) in [4.78, 5) is 12.6. The van der Waals surface area contributed by atoms with E-state index in [0.29, 0.717) is 0 Å². The first-order valence-electron chi connectivity index (χ1n) is 8.21. The first-order valence-corrected chi connectivity index (χ1v) is 10.1. The van der Waals surface area contributed by atoms with Gasteiger partial charge in [-0.2, -0.15) is 0 Å². The Morgan fingerprint density at radius 3 is 2.36 bits per heavy atom. The molecule has 0 atom stereocenters. The highest BCUT2D eigenvalue weighted by Crippen LogP contribution is 2.24. The third kappa shape index (κ3) is 4.49. The summed E-state index contributed by atoms with van der Waals surface area (Å²) in [5.74, 6) is -1.25. The van der Waals surface area contributed by atoms with Gasteiger partial charge >= 0.3 is 0 Å². The number of rotatable bonds is 5. The van der Waals surface area contributed by atoms with Crippen molar-refractivity contribution in [2.45, 2.75) is 11.8 Å². The maximum atomic E-state index is 13.7. The molecule has 5 nitrogen and oxygen atoms in total. The van der Waals surface area contributed by atoms with Gasteiger partial charge in [-0.25, -0.2) is 12.8 Å². The lowest BCUT2D eigenvalue weighted by atomic mass is 10.2. The van der Waals surface area contributed by atoms with Gasteiger partial charge in [-0.1, -0.05) is 41.4 Å². The predicted molar refractivity (Wildman–Crippen MR) is 108 cm³/mol. The van der Waals surface area contributed by atoms with Gasteiger partial charge in [0.15, 0.2) is 0 Å². The van der Waals surface area contributed by atoms with Crippen LogP contribution in [-0.4, -0.2) is 14.3 Å². The van der Waals surface area contributed by atoms with Crippen molar-refractivity contribution in [2.75, 3.05) is 10.0 Å². The average molecular weight is 419 g/mol. The fourth-order valence-corrected chi connectivity index (χ4v) is 3.70. The van der Waals surface area contributed by atoms with E-state index >= 15 is 0 Å². The van der Waals surface area contributed by atoms with Crippen LogP contribution in [0.1, 0.15) is 15.9 Å². The number of hydrogen-bond donors (Lipinski definition) is 2. The number of anilines is 2. The topological polar surface area (TPSA) is 75.3 Å². The fraction of sp³-hybridized carbons (Fsp3) is 0.0500. The van der Waals surface area contributed by atoms with E-state index in [-0.39, 0.29) is 26.9 Å². The Morgan fingerprint density at radius 2 is 1.68 bits per heavy atom. The summed E-state index contributed by atoms with van der Waals surface area (Å²) in [5.41, 5.74) is 1.09. The fourth-order valence-electron chi connectivity index (χ4n) is 2.45. The highest BCUT2D eigenvalue weighted by molar-refractivity contribution is 7.92. The van der Waals surface area contributed by atoms with Gasteiger partial charge in [0.25, 0.3) is 15.9 Å². The highest BCUT2D eigenvalue weighted by atomic mass is 35.5. The highest BCUT2D eigenvalue weighted by Gasteiger charge is 2.17. The second-order valence-electron chi connectivity index (χ2n) is 6.05. The standard InChI is InChI=1S/C20H16ClFN2O3S/c1-13-6-9-15(10-7-13)28(26,27)24-14-8-11-17(21)16(12-14)20(25)23-19-5-3-2-4-18(19)22/h2-12,24H,1H3,(H,23,25). The number of sulfonamides is 1. The molecule has 0 aromatic heterocycles. The Labute approximate surface area is 167 Å². The SMILES string of the molecule is Cc1ccc(S(=O)(=O)Nc2ccc(Cl)c(C(=O)Nc3ccccc3F)c2)cc1. The lowest BCUT2D eigenvalue weighted by Crippen LogP contribution is -2.16. The average Bonchev–Trinajstić information content (AvgIpc) is 2.65. The number of amides is 1. The Morgan fingerprint density at radius 1 is 1.00 bits per heavy atom. The molecule has 0 bridgehead atoms. The summed E-state index contributed by atoms with van der Waals surface area (Å²) in [6.45, 7) is 1.85. The van der Waals surface area contributed by atoms with Crippen molar-refractivity contribution in [1.29, 1.82) is 0 Å². The van der Waals surface area contributed by atoms with Gasteiger partial charge in [0.05, 0.1) is 21.2 Å². The van der Waals surface area contributed by atoms with E-state index in [1.54, 1.807) is 18.2 Å². The van der Waals surface area contributed by atoms with Gasteiger partial charge < -0.3 is 5.32 Å². The Balaban J connectivity index is 1.86. The number of nitrogens with one attached hydrogen (secondary N) is 2. The maximum absolute atomic E-state index is 13.7. The number of carbonyl (C=O) groups excluding carboxylic acids is 1. The molecule has 0 aliphatic heterocycles. The molecule has 0 radical (unpaired) electrons. The van der Waals surface area contributed by atoms with Crippen LogP contribution in [0.4, 0.5) is 15.8 Å². The van der Waals surface area contributed by atoms with Crippen molar-refractivity contribution in [3.63, 3.8) is 0 Å². The molecular formula is C20H16ClFN2O3S. The summed E-state index contributed by atoms with van der Waals surface area (Å²) in [7, 11) is -3.84. The second-order valence-corrected chi connectivity index (χ2v) is 8.14. The maximum Gasteiger partial charge on any atom is 0.261 e. The number of hydrogen-bond acceptors (Lipinski definition) is 3. The molecule has 0 saturated carbocycles. The zero-order valence-corrected chi connectivity index (χ0v) is 16.3. The molecular weight excluding hydrogens is 403 g/mol. The number of aryl methyl sites for hydroxylation is 1. The molecule has 0 heterocycles. The first kappa shape index (κ1) is 19.9. The van der Waals surface area contributed by atoms with Crippen LogP contribution in [0.2, 0.25) is 5.02 Å². The van der Waals surface area contributed by atoms with Crippen LogP contribution in [-0.2, 0) is 10.0 Å². The van der Waals surface area contributed by atoms with Crippen LogP contribution in [0.15, 0.2) is 71.6 Å². The van der Waals surface area contributed by atoms with E-state index in [9.17, 15) is 17.6 Å². The summed E-state index contributed by atoms with van der Waals surface area (Å²) in [5, 5.41) is 2.52. The van der Waals surface area contributed by atoms with Crippen molar-refractivity contribution in [2.24, 2.45) is 0 Å². The summed E-state index contributed by atoms with van der Waals surface area (Å²) in [6.07, 6.45) is 0. The second kappa shape index (κ2) is 8.00. The van der Waals surface area contributed by atoms with Gasteiger partial charge in [0.2, 0.25) is 0 Å². The number of carbonyl (C=O) groups is 1. The molecule has 0 fully saturated rings. The van der Waals surface area contributed by atoms with Crippen LogP contribution in [0.25, 0.3) is 0 Å². The molecule has 144 valence electrons. The third-order valence-electron chi connectivity index (χ3n) is 3.92. The quantitative estimate of drug-likeness (QED) is 0.622. The van der Waals surface area contributed by atoms with Gasteiger partial charge in [0.1, 0.15) is 5.82 Å². The zero-order valence-electron chi connectivity index (χ0n) is 14.7. The zero-order chi connectivity index (χ0) is 20.3. The minimum Gasteiger partial charge on any atom is -0.319 e. The molecule has 0 unspecified atom stereocenters. The van der Waals surface area contributed by atoms with E-state index < -0.39 is 21.7 Å². The minimum absolute atomic E-state index is 0.00536. The van der Waals surface area contributed by atoms with Crippen LogP contribution >= 0.6 is 11.6 Å². The van der Waals surface area contributed by atoms with Gasteiger partial charge in [-0.15, -0.1) is 0 Å². The molecule has 0 aliphatic carbocycles. The number of halogens is 2. The Kier molecular flexibility index (Phi) is 5.67. The monoisotopic (exact) mass is 418 g/mol. The summed E-state index contributed by atoms with van der Waals surface area (Å²) in [6, 6.07) is 16.2. The van der Waals surface area contributed by atoms with Crippen molar-refractivity contribution in [3.05, 3.63) is 88.7 Å². The lowest BCUT2D eigenvalue weighted by Gasteiger charge is -2.12. The van der Waals surface area contributed by atoms with E-state index in [2.05, 4.69) is 10.0 Å². The van der Waals surface area contributed by atoms with Crippen LogP contribution < -0.4 is 10.0 Å². The normalized spacial score (nSPS) is 11.1. The molecule has 8 heteroatoms. The first-order chi connectivity index (χ1) is 13.3. The van der Waals surface area contributed by atoms with Crippen LogP contribution in [0.5, 0.6) is 0 Å². The molecule has 0 aliphatic rings. The minimum atomic E-state index is -3.84. The van der Waals surface area contributed by atoms with Crippen LogP contribution in [0, 0.1) is 12.7 Å². The van der Waals surface area contributed by atoms with Crippen molar-refractivity contribution < 1.29 is 17.6 Å². The van der Waals surface area contributed by atoms with E-state index in [4.69, 9.17) is 11.6 Å². The molecule has 3 aromatic carbocycles.